The van der Waals surface area contributed by atoms with Gasteiger partial charge in [-0.05, 0) is 25.7 Å². The lowest BCUT2D eigenvalue weighted by atomic mass is 10.1. The van der Waals surface area contributed by atoms with Gasteiger partial charge in [0, 0.05) is 6.54 Å². The van der Waals surface area contributed by atoms with E-state index in [1.807, 2.05) is 4.68 Å². The van der Waals surface area contributed by atoms with Gasteiger partial charge in [-0.25, -0.2) is 9.48 Å². The summed E-state index contributed by atoms with van der Waals surface area (Å²) in [6, 6.07) is 0. The number of aromatic nitrogens is 3. The van der Waals surface area contributed by atoms with Crippen LogP contribution in [0.3, 0.4) is 0 Å². The van der Waals surface area contributed by atoms with Gasteiger partial charge in [0.25, 0.3) is 0 Å². The zero-order valence-electron chi connectivity index (χ0n) is 13.2. The molecule has 0 radical (unpaired) electrons. The molecular weight excluding hydrogens is 254 g/mol. The Balaban J connectivity index is 2.79. The maximum absolute atomic E-state index is 11.9. The first-order valence-corrected chi connectivity index (χ1v) is 7.69. The van der Waals surface area contributed by atoms with E-state index < -0.39 is 0 Å². The SMILES string of the molecule is CCCCCCn1nnc(C(=O)OCC)c1CC(C)C. The zero-order chi connectivity index (χ0) is 15.0. The van der Waals surface area contributed by atoms with E-state index in [0.29, 0.717) is 18.2 Å². The molecule has 0 spiro atoms. The van der Waals surface area contributed by atoms with Crippen molar-refractivity contribution in [3.63, 3.8) is 0 Å². The number of rotatable bonds is 9. The maximum atomic E-state index is 11.9. The third-order valence-electron chi connectivity index (χ3n) is 3.13. The van der Waals surface area contributed by atoms with Crippen molar-refractivity contribution in [2.75, 3.05) is 6.61 Å². The van der Waals surface area contributed by atoms with Crippen LogP contribution in [0.4, 0.5) is 0 Å². The third-order valence-corrected chi connectivity index (χ3v) is 3.13. The summed E-state index contributed by atoms with van der Waals surface area (Å²) in [5, 5.41) is 8.16. The van der Waals surface area contributed by atoms with Crippen LogP contribution in [0, 0.1) is 5.92 Å². The minimum Gasteiger partial charge on any atom is -0.461 e. The fraction of sp³-hybridized carbons (Fsp3) is 0.800. The third kappa shape index (κ3) is 4.94. The van der Waals surface area contributed by atoms with Gasteiger partial charge in [-0.15, -0.1) is 5.10 Å². The number of aryl methyl sites for hydroxylation is 1. The van der Waals surface area contributed by atoms with Gasteiger partial charge in [0.05, 0.1) is 12.3 Å². The van der Waals surface area contributed by atoms with E-state index in [2.05, 4.69) is 31.1 Å². The monoisotopic (exact) mass is 281 g/mol. The normalized spacial score (nSPS) is 11.1. The minimum atomic E-state index is -0.358. The van der Waals surface area contributed by atoms with Gasteiger partial charge in [-0.1, -0.05) is 45.2 Å². The molecule has 5 heteroatoms. The summed E-state index contributed by atoms with van der Waals surface area (Å²) in [6.07, 6.45) is 5.51. The van der Waals surface area contributed by atoms with Crippen molar-refractivity contribution in [1.29, 1.82) is 0 Å². The Bertz CT molecular complexity index is 413. The lowest BCUT2D eigenvalue weighted by Gasteiger charge is -2.09. The molecule has 1 aromatic rings. The molecule has 0 saturated carbocycles. The van der Waals surface area contributed by atoms with E-state index in [0.717, 1.165) is 25.1 Å². The first-order chi connectivity index (χ1) is 9.60. The van der Waals surface area contributed by atoms with Gasteiger partial charge >= 0.3 is 5.97 Å². The van der Waals surface area contributed by atoms with Gasteiger partial charge < -0.3 is 4.74 Å². The van der Waals surface area contributed by atoms with Crippen LogP contribution >= 0.6 is 0 Å². The second-order valence-corrected chi connectivity index (χ2v) is 5.49. The van der Waals surface area contributed by atoms with Crippen molar-refractivity contribution in [2.24, 2.45) is 5.92 Å². The summed E-state index contributed by atoms with van der Waals surface area (Å²) in [5.74, 6) is 0.0963. The predicted octanol–water partition coefficient (Wildman–Crippen LogP) is 3.23. The largest absolute Gasteiger partial charge is 0.461 e. The summed E-state index contributed by atoms with van der Waals surface area (Å²) in [5.41, 5.74) is 1.30. The number of carbonyl (C=O) groups excluding carboxylic acids is 1. The first kappa shape index (κ1) is 16.7. The van der Waals surface area contributed by atoms with E-state index in [4.69, 9.17) is 4.74 Å². The Hall–Kier alpha value is -1.39. The second kappa shape index (κ2) is 8.72. The molecule has 0 amide bonds. The average Bonchev–Trinajstić information content (AvgIpc) is 2.77. The highest BCUT2D eigenvalue weighted by Crippen LogP contribution is 2.14. The van der Waals surface area contributed by atoms with Crippen molar-refractivity contribution >= 4 is 5.97 Å². The molecule has 0 aromatic carbocycles. The minimum absolute atomic E-state index is 0.358. The number of carbonyl (C=O) groups is 1. The van der Waals surface area contributed by atoms with Crippen molar-refractivity contribution in [3.05, 3.63) is 11.4 Å². The van der Waals surface area contributed by atoms with Crippen LogP contribution in [0.15, 0.2) is 0 Å². The average molecular weight is 281 g/mol. The molecule has 20 heavy (non-hydrogen) atoms. The second-order valence-electron chi connectivity index (χ2n) is 5.49. The Morgan fingerprint density at radius 2 is 2.00 bits per heavy atom. The summed E-state index contributed by atoms with van der Waals surface area (Å²) >= 11 is 0. The van der Waals surface area contributed by atoms with E-state index in [1.54, 1.807) is 6.92 Å². The quantitative estimate of drug-likeness (QED) is 0.515. The molecule has 0 bridgehead atoms. The number of hydrogen-bond acceptors (Lipinski definition) is 4. The number of nitrogens with zero attached hydrogens (tertiary/aromatic N) is 3. The molecule has 0 atom stereocenters. The highest BCUT2D eigenvalue weighted by Gasteiger charge is 2.21. The molecule has 0 saturated heterocycles. The van der Waals surface area contributed by atoms with E-state index >= 15 is 0 Å². The summed E-state index contributed by atoms with van der Waals surface area (Å²) < 4.78 is 6.93. The Labute approximate surface area is 121 Å². The van der Waals surface area contributed by atoms with Gasteiger partial charge in [0.15, 0.2) is 5.69 Å². The van der Waals surface area contributed by atoms with E-state index in [1.165, 1.54) is 19.3 Å². The molecule has 1 heterocycles. The zero-order valence-corrected chi connectivity index (χ0v) is 13.2. The molecular formula is C15H27N3O2. The molecule has 0 fully saturated rings. The van der Waals surface area contributed by atoms with Gasteiger partial charge in [-0.3, -0.25) is 0 Å². The molecule has 114 valence electrons. The lowest BCUT2D eigenvalue weighted by molar-refractivity contribution is 0.0517. The van der Waals surface area contributed by atoms with Crippen molar-refractivity contribution in [1.82, 2.24) is 15.0 Å². The number of esters is 1. The Morgan fingerprint density at radius 1 is 1.25 bits per heavy atom. The number of unbranched alkanes of at least 4 members (excludes halogenated alkanes) is 3. The van der Waals surface area contributed by atoms with E-state index in [-0.39, 0.29) is 5.97 Å². The van der Waals surface area contributed by atoms with Crippen molar-refractivity contribution < 1.29 is 9.53 Å². The smallest absolute Gasteiger partial charge is 0.360 e. The molecule has 0 N–H and O–H groups in total. The van der Waals surface area contributed by atoms with Crippen LogP contribution in [-0.4, -0.2) is 27.6 Å². The molecule has 5 nitrogen and oxygen atoms in total. The number of ether oxygens (including phenoxy) is 1. The van der Waals surface area contributed by atoms with Crippen LogP contribution < -0.4 is 0 Å². The Morgan fingerprint density at radius 3 is 2.60 bits per heavy atom. The highest BCUT2D eigenvalue weighted by atomic mass is 16.5. The fourth-order valence-electron chi connectivity index (χ4n) is 2.15. The van der Waals surface area contributed by atoms with Gasteiger partial charge in [0.1, 0.15) is 0 Å². The molecule has 0 aliphatic rings. The van der Waals surface area contributed by atoms with Crippen LogP contribution in [-0.2, 0) is 17.7 Å². The summed E-state index contributed by atoms with van der Waals surface area (Å²) in [4.78, 5) is 11.9. The first-order valence-electron chi connectivity index (χ1n) is 7.69. The summed E-state index contributed by atoms with van der Waals surface area (Å²) in [6.45, 7) is 9.44. The number of hydrogen-bond donors (Lipinski definition) is 0. The molecule has 0 aliphatic heterocycles. The Kier molecular flexibility index (Phi) is 7.26. The summed E-state index contributed by atoms with van der Waals surface area (Å²) in [7, 11) is 0. The standard InChI is InChI=1S/C15H27N3O2/c1-5-7-8-9-10-18-13(11-12(3)4)14(16-17-18)15(19)20-6-2/h12H,5-11H2,1-4H3. The van der Waals surface area contributed by atoms with Gasteiger partial charge in [-0.2, -0.15) is 0 Å². The van der Waals surface area contributed by atoms with Crippen LogP contribution in [0.2, 0.25) is 0 Å². The fourth-order valence-corrected chi connectivity index (χ4v) is 2.15. The topological polar surface area (TPSA) is 57.0 Å². The van der Waals surface area contributed by atoms with Crippen LogP contribution in [0.1, 0.15) is 69.6 Å². The molecule has 1 rings (SSSR count). The highest BCUT2D eigenvalue weighted by molar-refractivity contribution is 5.88. The molecule has 1 aromatic heterocycles. The molecule has 0 unspecified atom stereocenters. The molecule has 0 aliphatic carbocycles. The van der Waals surface area contributed by atoms with Crippen LogP contribution in [0.25, 0.3) is 0 Å². The van der Waals surface area contributed by atoms with Crippen LogP contribution in [0.5, 0.6) is 0 Å². The van der Waals surface area contributed by atoms with Gasteiger partial charge in [0.2, 0.25) is 0 Å². The van der Waals surface area contributed by atoms with Crippen molar-refractivity contribution in [2.45, 2.75) is 66.3 Å². The lowest BCUT2D eigenvalue weighted by Crippen LogP contribution is -2.13. The predicted molar refractivity (Wildman–Crippen MR) is 78.7 cm³/mol. The maximum Gasteiger partial charge on any atom is 0.360 e. The van der Waals surface area contributed by atoms with E-state index in [9.17, 15) is 4.79 Å². The van der Waals surface area contributed by atoms with Crippen molar-refractivity contribution in [3.8, 4) is 0 Å².